The number of hydrogen-bond donors (Lipinski definition) is 0. The van der Waals surface area contributed by atoms with E-state index in [9.17, 15) is 18.0 Å². The van der Waals surface area contributed by atoms with E-state index in [0.717, 1.165) is 0 Å². The molecule has 0 saturated carbocycles. The van der Waals surface area contributed by atoms with Crippen LogP contribution in [0.1, 0.15) is 10.6 Å². The van der Waals surface area contributed by atoms with Gasteiger partial charge in [-0.3, -0.25) is 4.79 Å². The van der Waals surface area contributed by atoms with Gasteiger partial charge >= 0.3 is 6.18 Å². The number of alkyl halides is 3. The van der Waals surface area contributed by atoms with Crippen LogP contribution in [0.3, 0.4) is 0 Å². The lowest BCUT2D eigenvalue weighted by molar-refractivity contribution is -0.181. The molecule has 0 fully saturated rings. The highest BCUT2D eigenvalue weighted by Gasteiger charge is 2.27. The molecular weight excluding hydrogens is 201 g/mol. The molecule has 0 N–H and O–H groups in total. The number of imidazole rings is 1. The largest absolute Gasteiger partial charge is 0.411 e. The second-order valence-electron chi connectivity index (χ2n) is 2.47. The maximum absolute atomic E-state index is 11.6. The van der Waals surface area contributed by atoms with E-state index in [1.165, 1.54) is 17.0 Å². The summed E-state index contributed by atoms with van der Waals surface area (Å²) in [5, 5.41) is 0. The van der Waals surface area contributed by atoms with Crippen molar-refractivity contribution in [2.75, 3.05) is 6.61 Å². The summed E-state index contributed by atoms with van der Waals surface area (Å²) in [5.41, 5.74) is 0. The Morgan fingerprint density at radius 3 is 2.86 bits per heavy atom. The molecule has 0 spiro atoms. The molecule has 0 atom stereocenters. The molecule has 0 aliphatic carbocycles. The zero-order valence-electron chi connectivity index (χ0n) is 6.99. The SMILES string of the molecule is O=Cc1nccn1COCC(F)(F)F. The van der Waals surface area contributed by atoms with Crippen molar-refractivity contribution < 1.29 is 22.7 Å². The van der Waals surface area contributed by atoms with Gasteiger partial charge in [0.1, 0.15) is 13.3 Å². The number of ether oxygens (including phenoxy) is 1. The summed E-state index contributed by atoms with van der Waals surface area (Å²) in [5.74, 6) is 0.0344. The molecule has 0 bridgehead atoms. The third-order valence-electron chi connectivity index (χ3n) is 1.35. The first-order valence-corrected chi connectivity index (χ1v) is 3.64. The van der Waals surface area contributed by atoms with Crippen molar-refractivity contribution in [2.45, 2.75) is 12.9 Å². The molecule has 1 aromatic rings. The van der Waals surface area contributed by atoms with Gasteiger partial charge in [-0.05, 0) is 0 Å². The molecule has 4 nitrogen and oxygen atoms in total. The first kappa shape index (κ1) is 10.7. The number of aldehydes is 1. The number of rotatable bonds is 4. The third-order valence-corrected chi connectivity index (χ3v) is 1.35. The van der Waals surface area contributed by atoms with Crippen LogP contribution in [-0.2, 0) is 11.5 Å². The average molecular weight is 208 g/mol. The van der Waals surface area contributed by atoms with Crippen LogP contribution in [0.2, 0.25) is 0 Å². The van der Waals surface area contributed by atoms with Crippen LogP contribution in [0.25, 0.3) is 0 Å². The van der Waals surface area contributed by atoms with Crippen LogP contribution in [0, 0.1) is 0 Å². The summed E-state index contributed by atoms with van der Waals surface area (Å²) in [6, 6.07) is 0. The maximum Gasteiger partial charge on any atom is 0.411 e. The van der Waals surface area contributed by atoms with E-state index < -0.39 is 12.8 Å². The van der Waals surface area contributed by atoms with Crippen LogP contribution >= 0.6 is 0 Å². The summed E-state index contributed by atoms with van der Waals surface area (Å²) >= 11 is 0. The Hall–Kier alpha value is -1.37. The standard InChI is InChI=1S/C7H7F3N2O2/c8-7(9,10)4-14-5-12-2-1-11-6(12)3-13/h1-3H,4-5H2. The van der Waals surface area contributed by atoms with Crippen molar-refractivity contribution in [1.29, 1.82) is 0 Å². The Morgan fingerprint density at radius 1 is 1.57 bits per heavy atom. The molecule has 0 unspecified atom stereocenters. The Kier molecular flexibility index (Phi) is 3.23. The lowest BCUT2D eigenvalue weighted by atomic mass is 10.7. The molecule has 1 aromatic heterocycles. The fourth-order valence-electron chi connectivity index (χ4n) is 0.808. The van der Waals surface area contributed by atoms with E-state index in [1.54, 1.807) is 0 Å². The van der Waals surface area contributed by atoms with Gasteiger partial charge in [-0.15, -0.1) is 0 Å². The third kappa shape index (κ3) is 3.17. The van der Waals surface area contributed by atoms with Crippen molar-refractivity contribution in [1.82, 2.24) is 9.55 Å². The minimum atomic E-state index is -4.36. The summed E-state index contributed by atoms with van der Waals surface area (Å²) < 4.78 is 40.4. The smallest absolute Gasteiger partial charge is 0.351 e. The normalized spacial score (nSPS) is 11.6. The Morgan fingerprint density at radius 2 is 2.29 bits per heavy atom. The highest BCUT2D eigenvalue weighted by Crippen LogP contribution is 2.14. The first-order chi connectivity index (χ1) is 6.53. The molecule has 0 radical (unpaired) electrons. The molecule has 1 rings (SSSR count). The maximum atomic E-state index is 11.6. The van der Waals surface area contributed by atoms with Gasteiger partial charge < -0.3 is 9.30 Å². The highest BCUT2D eigenvalue weighted by atomic mass is 19.4. The fraction of sp³-hybridized carbons (Fsp3) is 0.429. The van der Waals surface area contributed by atoms with Crippen LogP contribution in [-0.4, -0.2) is 28.6 Å². The summed E-state index contributed by atoms with van der Waals surface area (Å²) in [6.07, 6.45) is -1.25. The Balaban J connectivity index is 2.42. The molecule has 14 heavy (non-hydrogen) atoms. The molecule has 7 heteroatoms. The van der Waals surface area contributed by atoms with E-state index >= 15 is 0 Å². The van der Waals surface area contributed by atoms with Crippen molar-refractivity contribution in [3.63, 3.8) is 0 Å². The lowest BCUT2D eigenvalue weighted by Gasteiger charge is -2.08. The van der Waals surface area contributed by atoms with Gasteiger partial charge in [0.15, 0.2) is 12.1 Å². The van der Waals surface area contributed by atoms with E-state index in [0.29, 0.717) is 6.29 Å². The van der Waals surface area contributed by atoms with Gasteiger partial charge in [0.2, 0.25) is 0 Å². The van der Waals surface area contributed by atoms with Crippen LogP contribution in [0.15, 0.2) is 12.4 Å². The number of carbonyl (C=O) groups is 1. The number of carbonyl (C=O) groups excluding carboxylic acids is 1. The highest BCUT2D eigenvalue weighted by molar-refractivity contribution is 5.69. The van der Waals surface area contributed by atoms with Crippen molar-refractivity contribution in [2.24, 2.45) is 0 Å². The van der Waals surface area contributed by atoms with Crippen LogP contribution in [0.5, 0.6) is 0 Å². The number of halogens is 3. The number of hydrogen-bond acceptors (Lipinski definition) is 3. The first-order valence-electron chi connectivity index (χ1n) is 3.64. The number of aromatic nitrogens is 2. The van der Waals surface area contributed by atoms with Gasteiger partial charge in [0.05, 0.1) is 0 Å². The molecule has 0 amide bonds. The van der Waals surface area contributed by atoms with Gasteiger partial charge in [-0.1, -0.05) is 0 Å². The summed E-state index contributed by atoms with van der Waals surface area (Å²) in [4.78, 5) is 13.9. The quantitative estimate of drug-likeness (QED) is 0.699. The predicted molar refractivity (Wildman–Crippen MR) is 39.6 cm³/mol. The fourth-order valence-corrected chi connectivity index (χ4v) is 0.808. The molecule has 0 saturated heterocycles. The zero-order chi connectivity index (χ0) is 10.6. The van der Waals surface area contributed by atoms with Gasteiger partial charge in [0.25, 0.3) is 0 Å². The lowest BCUT2D eigenvalue weighted by Crippen LogP contribution is -2.18. The molecule has 78 valence electrons. The monoisotopic (exact) mass is 208 g/mol. The van der Waals surface area contributed by atoms with Gasteiger partial charge in [-0.25, -0.2) is 4.98 Å². The Labute approximate surface area is 77.3 Å². The molecule has 1 heterocycles. The van der Waals surface area contributed by atoms with E-state index in [-0.39, 0.29) is 12.6 Å². The molecule has 0 aliphatic rings. The zero-order valence-corrected chi connectivity index (χ0v) is 6.99. The van der Waals surface area contributed by atoms with Crippen molar-refractivity contribution >= 4 is 6.29 Å². The van der Waals surface area contributed by atoms with E-state index in [4.69, 9.17) is 0 Å². The van der Waals surface area contributed by atoms with Gasteiger partial charge in [-0.2, -0.15) is 13.2 Å². The minimum absolute atomic E-state index is 0.0344. The molecule has 0 aromatic carbocycles. The van der Waals surface area contributed by atoms with Crippen molar-refractivity contribution in [3.05, 3.63) is 18.2 Å². The molecular formula is C7H7F3N2O2. The van der Waals surface area contributed by atoms with Crippen molar-refractivity contribution in [3.8, 4) is 0 Å². The number of nitrogens with zero attached hydrogens (tertiary/aromatic N) is 2. The summed E-state index contributed by atoms with van der Waals surface area (Å²) in [7, 11) is 0. The topological polar surface area (TPSA) is 44.1 Å². The van der Waals surface area contributed by atoms with Gasteiger partial charge in [0, 0.05) is 12.4 Å². The van der Waals surface area contributed by atoms with E-state index in [1.807, 2.05) is 0 Å². The average Bonchev–Trinajstić information content (AvgIpc) is 2.49. The van der Waals surface area contributed by atoms with Crippen LogP contribution < -0.4 is 0 Å². The second kappa shape index (κ2) is 4.23. The second-order valence-corrected chi connectivity index (χ2v) is 2.47. The molecule has 0 aliphatic heterocycles. The van der Waals surface area contributed by atoms with E-state index in [2.05, 4.69) is 9.72 Å². The van der Waals surface area contributed by atoms with Crippen LogP contribution in [0.4, 0.5) is 13.2 Å². The Bertz CT molecular complexity index is 308. The minimum Gasteiger partial charge on any atom is -0.351 e. The summed E-state index contributed by atoms with van der Waals surface area (Å²) in [6.45, 7) is -1.68. The predicted octanol–water partition coefficient (Wildman–Crippen LogP) is 1.23.